The maximum absolute atomic E-state index is 13.0. The number of anilines is 1. The summed E-state index contributed by atoms with van der Waals surface area (Å²) in [6.07, 6.45) is 0. The molecule has 0 saturated carbocycles. The molecule has 0 aliphatic carbocycles. The molecule has 2 amide bonds. The summed E-state index contributed by atoms with van der Waals surface area (Å²) in [5.74, 6) is -1.17. The average molecular weight is 337 g/mol. The molecule has 0 radical (unpaired) electrons. The molecule has 2 atom stereocenters. The second kappa shape index (κ2) is 7.07. The van der Waals surface area contributed by atoms with Gasteiger partial charge in [-0.15, -0.1) is 0 Å². The van der Waals surface area contributed by atoms with Gasteiger partial charge in [-0.25, -0.2) is 0 Å². The number of nitrogens with two attached hydrogens (primary N) is 1. The Labute approximate surface area is 147 Å². The van der Waals surface area contributed by atoms with Gasteiger partial charge in [0.05, 0.1) is 11.3 Å². The summed E-state index contributed by atoms with van der Waals surface area (Å²) in [7, 11) is 0. The Morgan fingerprint density at radius 2 is 1.72 bits per heavy atom. The number of likely N-dealkylation sites (tertiary alicyclic amines) is 1. The van der Waals surface area contributed by atoms with Gasteiger partial charge in [0.1, 0.15) is 0 Å². The van der Waals surface area contributed by atoms with E-state index in [1.807, 2.05) is 67.6 Å². The topological polar surface area (TPSA) is 75.4 Å². The van der Waals surface area contributed by atoms with Gasteiger partial charge in [-0.05, 0) is 24.2 Å². The smallest absolute Gasteiger partial charge is 0.230 e. The number of nitrogens with zero attached hydrogens (tertiary/aromatic N) is 1. The maximum Gasteiger partial charge on any atom is 0.230 e. The lowest BCUT2D eigenvalue weighted by Crippen LogP contribution is -2.51. The van der Waals surface area contributed by atoms with Crippen molar-refractivity contribution in [2.24, 2.45) is 11.7 Å². The van der Waals surface area contributed by atoms with E-state index in [1.165, 1.54) is 0 Å². The third kappa shape index (κ3) is 3.15. The SMILES string of the molecule is CCN1CC(C(=O)Nc2ccccc2)C(C(N)=O)(c2ccccc2)C1. The van der Waals surface area contributed by atoms with E-state index in [1.54, 1.807) is 0 Å². The fraction of sp³-hybridized carbons (Fsp3) is 0.300. The van der Waals surface area contributed by atoms with Gasteiger partial charge in [-0.3, -0.25) is 9.59 Å². The van der Waals surface area contributed by atoms with Gasteiger partial charge >= 0.3 is 0 Å². The summed E-state index contributed by atoms with van der Waals surface area (Å²) in [5, 5.41) is 2.93. The van der Waals surface area contributed by atoms with Gasteiger partial charge in [-0.1, -0.05) is 55.5 Å². The molecule has 1 aliphatic heterocycles. The summed E-state index contributed by atoms with van der Waals surface area (Å²) in [6, 6.07) is 18.7. The first kappa shape index (κ1) is 17.2. The number of para-hydroxylation sites is 1. The minimum atomic E-state index is -1.02. The van der Waals surface area contributed by atoms with Crippen molar-refractivity contribution in [3.8, 4) is 0 Å². The highest BCUT2D eigenvalue weighted by Crippen LogP contribution is 2.40. The zero-order chi connectivity index (χ0) is 17.9. The molecule has 3 N–H and O–H groups in total. The Kier molecular flexibility index (Phi) is 4.86. The third-order valence-corrected chi connectivity index (χ3v) is 5.04. The van der Waals surface area contributed by atoms with E-state index < -0.39 is 17.2 Å². The minimum Gasteiger partial charge on any atom is -0.369 e. The van der Waals surface area contributed by atoms with Crippen LogP contribution in [0.2, 0.25) is 0 Å². The third-order valence-electron chi connectivity index (χ3n) is 5.04. The van der Waals surface area contributed by atoms with E-state index >= 15 is 0 Å². The van der Waals surface area contributed by atoms with Crippen LogP contribution in [0.4, 0.5) is 5.69 Å². The Bertz CT molecular complexity index is 748. The van der Waals surface area contributed by atoms with Crippen molar-refractivity contribution in [2.75, 3.05) is 25.0 Å². The van der Waals surface area contributed by atoms with Gasteiger partial charge in [0, 0.05) is 18.8 Å². The van der Waals surface area contributed by atoms with Gasteiger partial charge in [0.25, 0.3) is 0 Å². The normalized spacial score (nSPS) is 23.3. The number of likely N-dealkylation sites (N-methyl/N-ethyl adjacent to an activating group) is 1. The molecule has 25 heavy (non-hydrogen) atoms. The Balaban J connectivity index is 1.99. The minimum absolute atomic E-state index is 0.176. The summed E-state index contributed by atoms with van der Waals surface area (Å²) >= 11 is 0. The fourth-order valence-electron chi connectivity index (χ4n) is 3.66. The lowest BCUT2D eigenvalue weighted by Gasteiger charge is -2.31. The van der Waals surface area contributed by atoms with Crippen LogP contribution in [0.15, 0.2) is 60.7 Å². The summed E-state index contributed by atoms with van der Waals surface area (Å²) in [4.78, 5) is 27.7. The largest absolute Gasteiger partial charge is 0.369 e. The number of nitrogens with one attached hydrogen (secondary N) is 1. The first-order valence-electron chi connectivity index (χ1n) is 8.51. The predicted octanol–water partition coefficient (Wildman–Crippen LogP) is 2.00. The van der Waals surface area contributed by atoms with Crippen LogP contribution < -0.4 is 11.1 Å². The second-order valence-corrected chi connectivity index (χ2v) is 6.44. The van der Waals surface area contributed by atoms with Crippen molar-refractivity contribution in [2.45, 2.75) is 12.3 Å². The molecule has 0 aromatic heterocycles. The number of carbonyl (C=O) groups is 2. The first-order valence-corrected chi connectivity index (χ1v) is 8.51. The van der Waals surface area contributed by atoms with Crippen molar-refractivity contribution >= 4 is 17.5 Å². The van der Waals surface area contributed by atoms with E-state index in [0.29, 0.717) is 18.8 Å². The molecule has 0 spiro atoms. The molecule has 5 nitrogen and oxygen atoms in total. The van der Waals surface area contributed by atoms with E-state index in [9.17, 15) is 9.59 Å². The fourth-order valence-corrected chi connectivity index (χ4v) is 3.66. The monoisotopic (exact) mass is 337 g/mol. The van der Waals surface area contributed by atoms with Crippen LogP contribution in [0.5, 0.6) is 0 Å². The quantitative estimate of drug-likeness (QED) is 0.876. The number of hydrogen-bond donors (Lipinski definition) is 2. The predicted molar refractivity (Wildman–Crippen MR) is 98.0 cm³/mol. The molecule has 5 heteroatoms. The zero-order valence-corrected chi connectivity index (χ0v) is 14.3. The molecule has 0 bridgehead atoms. The average Bonchev–Trinajstić information content (AvgIpc) is 3.05. The number of hydrogen-bond acceptors (Lipinski definition) is 3. The van der Waals surface area contributed by atoms with E-state index in [2.05, 4.69) is 10.2 Å². The number of amides is 2. The van der Waals surface area contributed by atoms with E-state index in [-0.39, 0.29) is 5.91 Å². The van der Waals surface area contributed by atoms with Crippen molar-refractivity contribution in [1.82, 2.24) is 4.90 Å². The highest BCUT2D eigenvalue weighted by atomic mass is 16.2. The Morgan fingerprint density at radius 1 is 1.12 bits per heavy atom. The highest BCUT2D eigenvalue weighted by Gasteiger charge is 2.55. The Morgan fingerprint density at radius 3 is 2.28 bits per heavy atom. The lowest BCUT2D eigenvalue weighted by molar-refractivity contribution is -0.130. The van der Waals surface area contributed by atoms with Crippen LogP contribution in [0.3, 0.4) is 0 Å². The standard InChI is InChI=1S/C20H23N3O2/c1-2-23-13-17(18(24)22-16-11-7-4-8-12-16)20(14-23,19(21)25)15-9-5-3-6-10-15/h3-12,17H,2,13-14H2,1H3,(H2,21,25)(H,22,24). The maximum atomic E-state index is 13.0. The zero-order valence-electron chi connectivity index (χ0n) is 14.3. The Hall–Kier alpha value is -2.66. The highest BCUT2D eigenvalue weighted by molar-refractivity contribution is 6.00. The molecular formula is C20H23N3O2. The van der Waals surface area contributed by atoms with E-state index in [0.717, 1.165) is 12.1 Å². The molecule has 1 saturated heterocycles. The van der Waals surface area contributed by atoms with Crippen LogP contribution in [-0.2, 0) is 15.0 Å². The van der Waals surface area contributed by atoms with Crippen LogP contribution in [-0.4, -0.2) is 36.3 Å². The second-order valence-electron chi connectivity index (χ2n) is 6.44. The lowest BCUT2D eigenvalue weighted by atomic mass is 9.71. The van der Waals surface area contributed by atoms with Gasteiger partial charge in [0.2, 0.25) is 11.8 Å². The van der Waals surface area contributed by atoms with Gasteiger partial charge < -0.3 is 16.0 Å². The molecular weight excluding hydrogens is 314 g/mol. The number of rotatable bonds is 5. The van der Waals surface area contributed by atoms with Crippen molar-refractivity contribution < 1.29 is 9.59 Å². The van der Waals surface area contributed by atoms with Gasteiger partial charge in [0.15, 0.2) is 0 Å². The summed E-state index contributed by atoms with van der Waals surface area (Å²) in [5.41, 5.74) is 6.35. The molecule has 2 aromatic carbocycles. The van der Waals surface area contributed by atoms with Crippen LogP contribution in [0, 0.1) is 5.92 Å². The molecule has 2 aromatic rings. The molecule has 130 valence electrons. The summed E-state index contributed by atoms with van der Waals surface area (Å²) < 4.78 is 0. The van der Waals surface area contributed by atoms with Crippen LogP contribution in [0.1, 0.15) is 12.5 Å². The van der Waals surface area contributed by atoms with Crippen LogP contribution >= 0.6 is 0 Å². The van der Waals surface area contributed by atoms with Crippen LogP contribution in [0.25, 0.3) is 0 Å². The van der Waals surface area contributed by atoms with Crippen molar-refractivity contribution in [1.29, 1.82) is 0 Å². The van der Waals surface area contributed by atoms with Gasteiger partial charge in [-0.2, -0.15) is 0 Å². The molecule has 1 fully saturated rings. The number of primary amides is 1. The van der Waals surface area contributed by atoms with Crippen molar-refractivity contribution in [3.05, 3.63) is 66.2 Å². The van der Waals surface area contributed by atoms with Crippen molar-refractivity contribution in [3.63, 3.8) is 0 Å². The van der Waals surface area contributed by atoms with E-state index in [4.69, 9.17) is 5.73 Å². The molecule has 3 rings (SSSR count). The number of benzene rings is 2. The molecule has 2 unspecified atom stereocenters. The molecule has 1 aliphatic rings. The summed E-state index contributed by atoms with van der Waals surface area (Å²) in [6.45, 7) is 3.74. The first-order chi connectivity index (χ1) is 12.1. The molecule has 1 heterocycles. The number of carbonyl (C=O) groups excluding carboxylic acids is 2.